The number of hydrogen-bond donors (Lipinski definition) is 1. The Morgan fingerprint density at radius 3 is 3.00 bits per heavy atom. The molecule has 6 heteroatoms. The van der Waals surface area contributed by atoms with Gasteiger partial charge in [0, 0.05) is 6.54 Å². The van der Waals surface area contributed by atoms with Gasteiger partial charge in [-0.3, -0.25) is 4.84 Å². The maximum atomic E-state index is 11.8. The maximum absolute atomic E-state index is 11.8. The average molecular weight is 226 g/mol. The minimum absolute atomic E-state index is 0.0250. The van der Waals surface area contributed by atoms with Crippen LogP contribution in [0.15, 0.2) is 12.7 Å². The summed E-state index contributed by atoms with van der Waals surface area (Å²) in [4.78, 5) is 29.4. The van der Waals surface area contributed by atoms with E-state index in [1.165, 1.54) is 9.96 Å². The van der Waals surface area contributed by atoms with Crippen LogP contribution in [0.2, 0.25) is 0 Å². The maximum Gasteiger partial charge on any atom is 0.345 e. The van der Waals surface area contributed by atoms with Crippen molar-refractivity contribution in [2.24, 2.45) is 0 Å². The molecule has 2 atom stereocenters. The standard InChI is InChI=1S/C10H14N2O4/c1-2-5-16-12-7-3-4-8(9(13)14)11(6-7)10(12)15/h2,7-8H,1,3-6H2,(H,13,14)/t7-,8?/m1/s1. The fourth-order valence-corrected chi connectivity index (χ4v) is 2.19. The van der Waals surface area contributed by atoms with Gasteiger partial charge in [-0.2, -0.15) is 5.06 Å². The summed E-state index contributed by atoms with van der Waals surface area (Å²) in [5.41, 5.74) is 0. The molecule has 2 bridgehead atoms. The van der Waals surface area contributed by atoms with Crippen LogP contribution in [-0.4, -0.2) is 52.3 Å². The first-order chi connectivity index (χ1) is 7.65. The highest BCUT2D eigenvalue weighted by Crippen LogP contribution is 2.29. The molecule has 88 valence electrons. The highest BCUT2D eigenvalue weighted by molar-refractivity contribution is 5.84. The van der Waals surface area contributed by atoms with E-state index in [-0.39, 0.29) is 18.7 Å². The van der Waals surface area contributed by atoms with Gasteiger partial charge >= 0.3 is 12.0 Å². The minimum Gasteiger partial charge on any atom is -0.480 e. The van der Waals surface area contributed by atoms with Crippen molar-refractivity contribution >= 4 is 12.0 Å². The molecule has 2 heterocycles. The summed E-state index contributed by atoms with van der Waals surface area (Å²) in [7, 11) is 0. The zero-order valence-corrected chi connectivity index (χ0v) is 8.83. The van der Waals surface area contributed by atoms with Crippen LogP contribution in [0.4, 0.5) is 4.79 Å². The van der Waals surface area contributed by atoms with Gasteiger partial charge < -0.3 is 10.0 Å². The monoisotopic (exact) mass is 226 g/mol. The molecule has 0 aromatic heterocycles. The topological polar surface area (TPSA) is 70.1 Å². The molecule has 2 rings (SSSR count). The van der Waals surface area contributed by atoms with Crippen LogP contribution in [-0.2, 0) is 9.63 Å². The van der Waals surface area contributed by atoms with E-state index in [1.807, 2.05) is 0 Å². The number of piperidine rings is 1. The molecule has 0 aromatic carbocycles. The van der Waals surface area contributed by atoms with E-state index in [4.69, 9.17) is 9.94 Å². The summed E-state index contributed by atoms with van der Waals surface area (Å²) in [6.45, 7) is 4.20. The third kappa shape index (κ3) is 1.65. The van der Waals surface area contributed by atoms with Gasteiger partial charge in [0.1, 0.15) is 6.04 Å². The molecule has 2 aliphatic rings. The molecule has 1 N–H and O–H groups in total. The SMILES string of the molecule is C=CCON1C(=O)N2C[C@H]1CCC2C(=O)O. The second-order valence-electron chi connectivity index (χ2n) is 3.93. The van der Waals surface area contributed by atoms with Crippen LogP contribution in [0.25, 0.3) is 0 Å². The van der Waals surface area contributed by atoms with E-state index in [0.29, 0.717) is 19.4 Å². The number of hydroxylamine groups is 2. The Morgan fingerprint density at radius 1 is 1.62 bits per heavy atom. The smallest absolute Gasteiger partial charge is 0.345 e. The van der Waals surface area contributed by atoms with Gasteiger partial charge in [-0.1, -0.05) is 6.08 Å². The quantitative estimate of drug-likeness (QED) is 0.707. The first-order valence-corrected chi connectivity index (χ1v) is 5.21. The van der Waals surface area contributed by atoms with Crippen molar-refractivity contribution in [1.29, 1.82) is 0 Å². The van der Waals surface area contributed by atoms with Crippen molar-refractivity contribution in [2.45, 2.75) is 24.9 Å². The number of rotatable bonds is 4. The van der Waals surface area contributed by atoms with Crippen LogP contribution in [0.5, 0.6) is 0 Å². The van der Waals surface area contributed by atoms with Gasteiger partial charge in [0.05, 0.1) is 12.6 Å². The molecule has 0 spiro atoms. The molecule has 2 saturated heterocycles. The normalized spacial score (nSPS) is 28.4. The molecule has 0 radical (unpaired) electrons. The fourth-order valence-electron chi connectivity index (χ4n) is 2.19. The lowest BCUT2D eigenvalue weighted by Crippen LogP contribution is -2.44. The summed E-state index contributed by atoms with van der Waals surface area (Å²) in [5, 5.41) is 10.3. The van der Waals surface area contributed by atoms with Gasteiger partial charge in [-0.15, -0.1) is 6.58 Å². The van der Waals surface area contributed by atoms with Crippen LogP contribution in [0, 0.1) is 0 Å². The van der Waals surface area contributed by atoms with Gasteiger partial charge in [-0.25, -0.2) is 9.59 Å². The van der Waals surface area contributed by atoms with Crippen LogP contribution < -0.4 is 0 Å². The van der Waals surface area contributed by atoms with Crippen molar-refractivity contribution in [3.05, 3.63) is 12.7 Å². The van der Waals surface area contributed by atoms with Gasteiger partial charge in [0.15, 0.2) is 0 Å². The predicted molar refractivity (Wildman–Crippen MR) is 54.5 cm³/mol. The lowest BCUT2D eigenvalue weighted by Gasteiger charge is -2.26. The van der Waals surface area contributed by atoms with Gasteiger partial charge in [-0.05, 0) is 12.8 Å². The number of carboxylic acid groups (broad SMARTS) is 1. The number of urea groups is 1. The molecular formula is C10H14N2O4. The molecule has 0 saturated carbocycles. The number of fused-ring (bicyclic) bond motifs is 2. The summed E-state index contributed by atoms with van der Waals surface area (Å²) in [6, 6.07) is -1.08. The summed E-state index contributed by atoms with van der Waals surface area (Å²) < 4.78 is 0. The van der Waals surface area contributed by atoms with Crippen molar-refractivity contribution < 1.29 is 19.5 Å². The first-order valence-electron chi connectivity index (χ1n) is 5.21. The molecule has 2 amide bonds. The molecule has 16 heavy (non-hydrogen) atoms. The summed E-state index contributed by atoms with van der Waals surface area (Å²) >= 11 is 0. The van der Waals surface area contributed by atoms with Crippen molar-refractivity contribution in [2.75, 3.05) is 13.2 Å². The highest BCUT2D eigenvalue weighted by atomic mass is 16.7. The third-order valence-electron chi connectivity index (χ3n) is 2.94. The molecule has 2 fully saturated rings. The molecular weight excluding hydrogens is 212 g/mol. The third-order valence-corrected chi connectivity index (χ3v) is 2.94. The second kappa shape index (κ2) is 4.13. The van der Waals surface area contributed by atoms with Crippen LogP contribution in [0.3, 0.4) is 0 Å². The Hall–Kier alpha value is -1.56. The van der Waals surface area contributed by atoms with Crippen LogP contribution >= 0.6 is 0 Å². The minimum atomic E-state index is -0.947. The number of aliphatic carboxylic acids is 1. The highest BCUT2D eigenvalue weighted by Gasteiger charge is 2.47. The summed E-state index contributed by atoms with van der Waals surface area (Å²) in [6.07, 6.45) is 2.70. The van der Waals surface area contributed by atoms with Crippen LogP contribution in [0.1, 0.15) is 12.8 Å². The fraction of sp³-hybridized carbons (Fsp3) is 0.600. The molecule has 1 unspecified atom stereocenters. The first kappa shape index (κ1) is 10.9. The second-order valence-corrected chi connectivity index (χ2v) is 3.93. The number of carboxylic acids is 1. The number of carbonyl (C=O) groups is 2. The van der Waals surface area contributed by atoms with E-state index in [2.05, 4.69) is 6.58 Å². The number of hydrogen-bond acceptors (Lipinski definition) is 3. The summed E-state index contributed by atoms with van der Waals surface area (Å²) in [5.74, 6) is -0.947. The van der Waals surface area contributed by atoms with E-state index >= 15 is 0 Å². The lowest BCUT2D eigenvalue weighted by molar-refractivity contribution is -0.142. The zero-order valence-electron chi connectivity index (χ0n) is 8.83. The van der Waals surface area contributed by atoms with Crippen molar-refractivity contribution in [3.63, 3.8) is 0 Å². The largest absolute Gasteiger partial charge is 0.480 e. The molecule has 0 aromatic rings. The van der Waals surface area contributed by atoms with E-state index in [9.17, 15) is 9.59 Å². The van der Waals surface area contributed by atoms with Crippen molar-refractivity contribution in [1.82, 2.24) is 9.96 Å². The van der Waals surface area contributed by atoms with Crippen molar-refractivity contribution in [3.8, 4) is 0 Å². The molecule has 2 aliphatic heterocycles. The van der Waals surface area contributed by atoms with Gasteiger partial charge in [0.2, 0.25) is 0 Å². The molecule has 6 nitrogen and oxygen atoms in total. The Morgan fingerprint density at radius 2 is 2.38 bits per heavy atom. The van der Waals surface area contributed by atoms with Gasteiger partial charge in [0.25, 0.3) is 0 Å². The Kier molecular flexibility index (Phi) is 2.82. The number of amides is 2. The number of nitrogens with zero attached hydrogens (tertiary/aromatic N) is 2. The lowest BCUT2D eigenvalue weighted by atomic mass is 10.0. The van der Waals surface area contributed by atoms with E-state index in [0.717, 1.165) is 0 Å². The number of carbonyl (C=O) groups excluding carboxylic acids is 1. The average Bonchev–Trinajstić information content (AvgIpc) is 2.50. The van der Waals surface area contributed by atoms with E-state index < -0.39 is 12.0 Å². The molecule has 0 aliphatic carbocycles. The predicted octanol–water partition coefficient (Wildman–Crippen LogP) is 0.457. The Balaban J connectivity index is 2.09. The Labute approximate surface area is 93.0 Å². The zero-order chi connectivity index (χ0) is 11.7. The Bertz CT molecular complexity index is 331. The van der Waals surface area contributed by atoms with E-state index in [1.54, 1.807) is 6.08 Å².